The van der Waals surface area contributed by atoms with Crippen LogP contribution in [0.2, 0.25) is 0 Å². The average Bonchev–Trinajstić information content (AvgIpc) is 2.89. The SMILES string of the molecule is Cc1cc(NCCCc2n[nH]c(=O)[nH]2)c2cc(F)ccc2n1. The molecule has 0 bridgehead atoms. The van der Waals surface area contributed by atoms with Crippen molar-refractivity contribution >= 4 is 16.6 Å². The number of nitrogens with zero attached hydrogens (tertiary/aromatic N) is 2. The Kier molecular flexibility index (Phi) is 3.86. The number of aromatic amines is 2. The monoisotopic (exact) mass is 301 g/mol. The molecule has 2 aromatic heterocycles. The number of benzene rings is 1. The molecule has 0 aliphatic heterocycles. The molecule has 0 spiro atoms. The van der Waals surface area contributed by atoms with Crippen LogP contribution in [-0.2, 0) is 6.42 Å². The van der Waals surface area contributed by atoms with E-state index in [1.807, 2.05) is 13.0 Å². The molecule has 0 aliphatic rings. The first-order chi connectivity index (χ1) is 10.6. The number of nitrogens with one attached hydrogen (secondary N) is 3. The molecule has 1 aromatic carbocycles. The van der Waals surface area contributed by atoms with Gasteiger partial charge in [-0.25, -0.2) is 14.3 Å². The molecule has 0 amide bonds. The topological polar surface area (TPSA) is 86.5 Å². The summed E-state index contributed by atoms with van der Waals surface area (Å²) in [5.41, 5.74) is 2.20. The number of fused-ring (bicyclic) bond motifs is 1. The van der Waals surface area contributed by atoms with Crippen molar-refractivity contribution in [3.8, 4) is 0 Å². The van der Waals surface area contributed by atoms with E-state index in [9.17, 15) is 9.18 Å². The van der Waals surface area contributed by atoms with E-state index in [0.29, 0.717) is 18.8 Å². The fourth-order valence-corrected chi connectivity index (χ4v) is 2.38. The zero-order valence-corrected chi connectivity index (χ0v) is 12.1. The molecule has 0 saturated carbocycles. The molecule has 3 aromatic rings. The number of halogens is 1. The predicted octanol–water partition coefficient (Wildman–Crippen LogP) is 2.14. The summed E-state index contributed by atoms with van der Waals surface area (Å²) in [5, 5.41) is 10.2. The Morgan fingerprint density at radius 2 is 2.18 bits per heavy atom. The number of hydrogen-bond donors (Lipinski definition) is 3. The predicted molar refractivity (Wildman–Crippen MR) is 82.5 cm³/mol. The van der Waals surface area contributed by atoms with Crippen molar-refractivity contribution in [1.82, 2.24) is 20.2 Å². The smallest absolute Gasteiger partial charge is 0.340 e. The second kappa shape index (κ2) is 5.97. The molecule has 0 saturated heterocycles. The van der Waals surface area contributed by atoms with E-state index in [2.05, 4.69) is 25.5 Å². The minimum atomic E-state index is -0.297. The highest BCUT2D eigenvalue weighted by molar-refractivity contribution is 5.91. The summed E-state index contributed by atoms with van der Waals surface area (Å²) in [5.74, 6) is 0.351. The summed E-state index contributed by atoms with van der Waals surface area (Å²) >= 11 is 0. The first kappa shape index (κ1) is 14.2. The Balaban J connectivity index is 1.70. The van der Waals surface area contributed by atoms with Gasteiger partial charge in [0.15, 0.2) is 0 Å². The zero-order chi connectivity index (χ0) is 15.5. The molecule has 2 heterocycles. The number of aryl methyl sites for hydroxylation is 2. The Hall–Kier alpha value is -2.70. The van der Waals surface area contributed by atoms with Crippen LogP contribution in [0.15, 0.2) is 29.1 Å². The molecule has 3 rings (SSSR count). The molecule has 0 unspecified atom stereocenters. The quantitative estimate of drug-likeness (QED) is 0.630. The summed E-state index contributed by atoms with van der Waals surface area (Å²) in [6.07, 6.45) is 1.45. The van der Waals surface area contributed by atoms with Crippen LogP contribution in [0.25, 0.3) is 10.9 Å². The minimum absolute atomic E-state index is 0.282. The molecule has 114 valence electrons. The van der Waals surface area contributed by atoms with Crippen LogP contribution >= 0.6 is 0 Å². The molecule has 0 atom stereocenters. The summed E-state index contributed by atoms with van der Waals surface area (Å²) in [4.78, 5) is 17.9. The van der Waals surface area contributed by atoms with Gasteiger partial charge in [-0.1, -0.05) is 0 Å². The zero-order valence-electron chi connectivity index (χ0n) is 12.1. The maximum Gasteiger partial charge on any atom is 0.340 e. The lowest BCUT2D eigenvalue weighted by Gasteiger charge is -2.10. The highest BCUT2D eigenvalue weighted by atomic mass is 19.1. The number of H-pyrrole nitrogens is 2. The Morgan fingerprint density at radius 3 is 2.95 bits per heavy atom. The lowest BCUT2D eigenvalue weighted by Crippen LogP contribution is -2.06. The molecule has 0 fully saturated rings. The van der Waals surface area contributed by atoms with Crippen molar-refractivity contribution in [2.45, 2.75) is 19.8 Å². The van der Waals surface area contributed by atoms with E-state index in [0.717, 1.165) is 28.7 Å². The van der Waals surface area contributed by atoms with Gasteiger partial charge >= 0.3 is 5.69 Å². The second-order valence-electron chi connectivity index (χ2n) is 5.13. The van der Waals surface area contributed by atoms with Crippen LogP contribution < -0.4 is 11.0 Å². The molecule has 7 heteroatoms. The maximum atomic E-state index is 13.4. The van der Waals surface area contributed by atoms with Crippen molar-refractivity contribution in [3.63, 3.8) is 0 Å². The number of hydrogen-bond acceptors (Lipinski definition) is 4. The molecular weight excluding hydrogens is 285 g/mol. The number of rotatable bonds is 5. The first-order valence-corrected chi connectivity index (χ1v) is 7.06. The summed E-state index contributed by atoms with van der Waals surface area (Å²) in [6.45, 7) is 2.59. The molecule has 0 radical (unpaired) electrons. The highest BCUT2D eigenvalue weighted by Gasteiger charge is 2.05. The maximum absolute atomic E-state index is 13.4. The van der Waals surface area contributed by atoms with Gasteiger partial charge in [-0.15, -0.1) is 0 Å². The van der Waals surface area contributed by atoms with Crippen LogP contribution in [0.5, 0.6) is 0 Å². The Bertz CT molecular complexity index is 855. The first-order valence-electron chi connectivity index (χ1n) is 7.06. The van der Waals surface area contributed by atoms with E-state index in [4.69, 9.17) is 0 Å². The highest BCUT2D eigenvalue weighted by Crippen LogP contribution is 2.24. The van der Waals surface area contributed by atoms with Crippen molar-refractivity contribution < 1.29 is 4.39 Å². The van der Waals surface area contributed by atoms with Crippen LogP contribution in [0.4, 0.5) is 10.1 Å². The van der Waals surface area contributed by atoms with E-state index in [1.165, 1.54) is 12.1 Å². The van der Waals surface area contributed by atoms with Crippen LogP contribution in [0.1, 0.15) is 17.9 Å². The average molecular weight is 301 g/mol. The van der Waals surface area contributed by atoms with Gasteiger partial charge in [0, 0.05) is 29.7 Å². The summed E-state index contributed by atoms with van der Waals surface area (Å²) < 4.78 is 13.4. The van der Waals surface area contributed by atoms with Gasteiger partial charge in [0.25, 0.3) is 0 Å². The van der Waals surface area contributed by atoms with Gasteiger partial charge in [0.05, 0.1) is 5.52 Å². The largest absolute Gasteiger partial charge is 0.384 e. The van der Waals surface area contributed by atoms with Gasteiger partial charge in [-0.3, -0.25) is 9.97 Å². The van der Waals surface area contributed by atoms with Gasteiger partial charge < -0.3 is 5.32 Å². The normalized spacial score (nSPS) is 11.0. The molecule has 3 N–H and O–H groups in total. The van der Waals surface area contributed by atoms with Gasteiger partial charge in [-0.2, -0.15) is 5.10 Å². The van der Waals surface area contributed by atoms with Crippen molar-refractivity contribution in [2.75, 3.05) is 11.9 Å². The van der Waals surface area contributed by atoms with Gasteiger partial charge in [-0.05, 0) is 37.6 Å². The lowest BCUT2D eigenvalue weighted by molar-refractivity contribution is 0.629. The van der Waals surface area contributed by atoms with E-state index >= 15 is 0 Å². The molecular formula is C15H16FN5O. The number of aromatic nitrogens is 4. The van der Waals surface area contributed by atoms with Crippen molar-refractivity contribution in [2.24, 2.45) is 0 Å². The van der Waals surface area contributed by atoms with Crippen molar-refractivity contribution in [3.05, 3.63) is 52.1 Å². The van der Waals surface area contributed by atoms with E-state index < -0.39 is 0 Å². The second-order valence-corrected chi connectivity index (χ2v) is 5.13. The Morgan fingerprint density at radius 1 is 1.32 bits per heavy atom. The number of pyridine rings is 1. The molecule has 6 nitrogen and oxygen atoms in total. The minimum Gasteiger partial charge on any atom is -0.384 e. The fourth-order valence-electron chi connectivity index (χ4n) is 2.38. The third kappa shape index (κ3) is 3.13. The number of anilines is 1. The van der Waals surface area contributed by atoms with Crippen LogP contribution in [0.3, 0.4) is 0 Å². The summed E-state index contributed by atoms with van der Waals surface area (Å²) in [7, 11) is 0. The summed E-state index contributed by atoms with van der Waals surface area (Å²) in [6, 6.07) is 6.47. The molecule has 0 aliphatic carbocycles. The van der Waals surface area contributed by atoms with Gasteiger partial charge in [0.1, 0.15) is 11.6 Å². The van der Waals surface area contributed by atoms with E-state index in [1.54, 1.807) is 6.07 Å². The van der Waals surface area contributed by atoms with Gasteiger partial charge in [0.2, 0.25) is 0 Å². The third-order valence-corrected chi connectivity index (χ3v) is 3.35. The lowest BCUT2D eigenvalue weighted by atomic mass is 10.1. The molecule has 22 heavy (non-hydrogen) atoms. The van der Waals surface area contributed by atoms with Crippen LogP contribution in [-0.4, -0.2) is 26.7 Å². The standard InChI is InChI=1S/C15H16FN5O/c1-9-7-13(11-8-10(16)4-5-12(11)18-9)17-6-2-3-14-19-15(22)21-20-14/h4-5,7-8H,2-3,6H2,1H3,(H,17,18)(H2,19,20,21,22). The third-order valence-electron chi connectivity index (χ3n) is 3.35. The Labute approximate surface area is 125 Å². The van der Waals surface area contributed by atoms with Crippen LogP contribution in [0, 0.1) is 12.7 Å². The van der Waals surface area contributed by atoms with Crippen molar-refractivity contribution in [1.29, 1.82) is 0 Å². The van der Waals surface area contributed by atoms with E-state index in [-0.39, 0.29) is 11.5 Å². The fraction of sp³-hybridized carbons (Fsp3) is 0.267.